The average Bonchev–Trinajstić information content (AvgIpc) is 2.94. The van der Waals surface area contributed by atoms with Crippen molar-refractivity contribution in [2.45, 2.75) is 33.2 Å². The molecule has 1 amide bonds. The quantitative estimate of drug-likeness (QED) is 0.864. The van der Waals surface area contributed by atoms with Gasteiger partial charge in [0.2, 0.25) is 0 Å². The zero-order valence-corrected chi connectivity index (χ0v) is 13.3. The van der Waals surface area contributed by atoms with Crippen LogP contribution in [0.5, 0.6) is 0 Å². The second-order valence-electron chi connectivity index (χ2n) is 6.00. The van der Waals surface area contributed by atoms with Crippen LogP contribution in [-0.2, 0) is 13.0 Å². The lowest BCUT2D eigenvalue weighted by atomic mass is 9.97. The first-order valence-corrected chi connectivity index (χ1v) is 7.60. The lowest BCUT2D eigenvalue weighted by Gasteiger charge is -2.28. The Morgan fingerprint density at radius 1 is 1.41 bits per heavy atom. The molecule has 0 saturated heterocycles. The van der Waals surface area contributed by atoms with E-state index in [9.17, 15) is 4.79 Å². The van der Waals surface area contributed by atoms with Crippen LogP contribution in [0.2, 0.25) is 0 Å². The minimum atomic E-state index is -0.00795. The normalized spacial score (nSPS) is 17.1. The lowest BCUT2D eigenvalue weighted by Crippen LogP contribution is -2.35. The maximum absolute atomic E-state index is 12.6. The molecule has 1 aliphatic rings. The van der Waals surface area contributed by atoms with Gasteiger partial charge < -0.3 is 9.47 Å². The molecule has 116 valence electrons. The monoisotopic (exact) mass is 299 g/mol. The summed E-state index contributed by atoms with van der Waals surface area (Å²) < 4.78 is 2.19. The maximum atomic E-state index is 12.6. The minimum Gasteiger partial charge on any atom is -0.341 e. The number of hydrogen-bond donors (Lipinski definition) is 0. The summed E-state index contributed by atoms with van der Waals surface area (Å²) in [6.07, 6.45) is 7.50. The third-order valence-corrected chi connectivity index (χ3v) is 4.26. The maximum Gasteiger partial charge on any atom is 0.257 e. The van der Waals surface area contributed by atoms with Crippen LogP contribution in [0.4, 0.5) is 0 Å². The van der Waals surface area contributed by atoms with Crippen LogP contribution in [0.3, 0.4) is 0 Å². The highest BCUT2D eigenvalue weighted by atomic mass is 16.2. The Labute approximate surface area is 130 Å². The van der Waals surface area contributed by atoms with Gasteiger partial charge in [0.15, 0.2) is 0 Å². The van der Waals surface area contributed by atoms with Gasteiger partial charge in [0.25, 0.3) is 5.91 Å². The topological polar surface area (TPSA) is 63.9 Å². The van der Waals surface area contributed by atoms with Gasteiger partial charge in [0.1, 0.15) is 11.6 Å². The molecule has 0 N–H and O–H groups in total. The molecule has 0 radical (unpaired) electrons. The van der Waals surface area contributed by atoms with Crippen LogP contribution in [-0.4, -0.2) is 43.9 Å². The minimum absolute atomic E-state index is 0.00795. The Kier molecular flexibility index (Phi) is 3.92. The first kappa shape index (κ1) is 14.7. The second kappa shape index (κ2) is 5.87. The van der Waals surface area contributed by atoms with E-state index in [1.807, 2.05) is 33.3 Å². The van der Waals surface area contributed by atoms with Crippen molar-refractivity contribution in [1.29, 1.82) is 0 Å². The number of carbonyl (C=O) groups excluding carboxylic acids is 1. The Balaban J connectivity index is 1.67. The molecule has 0 aliphatic carbocycles. The number of aromatic nitrogens is 4. The fourth-order valence-electron chi connectivity index (χ4n) is 3.04. The molecule has 2 aromatic rings. The van der Waals surface area contributed by atoms with Gasteiger partial charge in [-0.2, -0.15) is 0 Å². The molecule has 1 aliphatic heterocycles. The molecule has 0 bridgehead atoms. The number of nitrogens with zero attached hydrogens (tertiary/aromatic N) is 5. The Morgan fingerprint density at radius 2 is 2.23 bits per heavy atom. The van der Waals surface area contributed by atoms with E-state index in [0.717, 1.165) is 37.4 Å². The SMILES string of the molecule is Cc1ncc(C(=O)N(C)CC2CCn3ccnc3C2)c(C)n1. The average molecular weight is 299 g/mol. The first-order valence-electron chi connectivity index (χ1n) is 7.60. The molecule has 22 heavy (non-hydrogen) atoms. The van der Waals surface area contributed by atoms with Gasteiger partial charge in [-0.15, -0.1) is 0 Å². The van der Waals surface area contributed by atoms with Crippen molar-refractivity contribution in [2.24, 2.45) is 5.92 Å². The summed E-state index contributed by atoms with van der Waals surface area (Å²) in [4.78, 5) is 27.1. The summed E-state index contributed by atoms with van der Waals surface area (Å²) in [6, 6.07) is 0. The predicted molar refractivity (Wildman–Crippen MR) is 82.5 cm³/mol. The highest BCUT2D eigenvalue weighted by Crippen LogP contribution is 2.20. The Hall–Kier alpha value is -2.24. The summed E-state index contributed by atoms with van der Waals surface area (Å²) in [7, 11) is 1.85. The van der Waals surface area contributed by atoms with E-state index < -0.39 is 0 Å². The zero-order chi connectivity index (χ0) is 15.7. The fourth-order valence-corrected chi connectivity index (χ4v) is 3.04. The van der Waals surface area contributed by atoms with Gasteiger partial charge in [-0.05, 0) is 26.2 Å². The summed E-state index contributed by atoms with van der Waals surface area (Å²) in [6.45, 7) is 5.40. The van der Waals surface area contributed by atoms with Crippen LogP contribution in [0.25, 0.3) is 0 Å². The number of hydrogen-bond acceptors (Lipinski definition) is 4. The van der Waals surface area contributed by atoms with Crippen LogP contribution in [0, 0.1) is 19.8 Å². The molecule has 6 nitrogen and oxygen atoms in total. The fraction of sp³-hybridized carbons (Fsp3) is 0.500. The molecule has 3 heterocycles. The summed E-state index contributed by atoms with van der Waals surface area (Å²) in [5.41, 5.74) is 1.33. The third-order valence-electron chi connectivity index (χ3n) is 4.26. The van der Waals surface area contributed by atoms with Crippen molar-refractivity contribution in [3.8, 4) is 0 Å². The van der Waals surface area contributed by atoms with E-state index in [4.69, 9.17) is 0 Å². The van der Waals surface area contributed by atoms with Crippen molar-refractivity contribution >= 4 is 5.91 Å². The number of imidazole rings is 1. The number of amides is 1. The van der Waals surface area contributed by atoms with Gasteiger partial charge in [0.05, 0.1) is 11.3 Å². The van der Waals surface area contributed by atoms with Crippen molar-refractivity contribution in [1.82, 2.24) is 24.4 Å². The van der Waals surface area contributed by atoms with Crippen molar-refractivity contribution in [3.63, 3.8) is 0 Å². The van der Waals surface area contributed by atoms with Gasteiger partial charge in [-0.3, -0.25) is 4.79 Å². The zero-order valence-electron chi connectivity index (χ0n) is 13.3. The smallest absolute Gasteiger partial charge is 0.257 e. The highest BCUT2D eigenvalue weighted by Gasteiger charge is 2.23. The van der Waals surface area contributed by atoms with Gasteiger partial charge in [-0.1, -0.05) is 0 Å². The van der Waals surface area contributed by atoms with E-state index in [0.29, 0.717) is 17.3 Å². The van der Waals surface area contributed by atoms with Gasteiger partial charge in [0, 0.05) is 45.1 Å². The van der Waals surface area contributed by atoms with E-state index in [2.05, 4.69) is 19.5 Å². The molecular formula is C16H21N5O. The van der Waals surface area contributed by atoms with E-state index in [1.54, 1.807) is 11.1 Å². The summed E-state index contributed by atoms with van der Waals surface area (Å²) in [5.74, 6) is 2.25. The van der Waals surface area contributed by atoms with E-state index in [1.165, 1.54) is 0 Å². The standard InChI is InChI=1S/C16H21N5O/c1-11-14(9-18-12(2)19-11)16(22)20(3)10-13-4-6-21-7-5-17-15(21)8-13/h5,7,9,13H,4,6,8,10H2,1-3H3. The Morgan fingerprint density at radius 3 is 3.00 bits per heavy atom. The molecule has 0 spiro atoms. The molecule has 3 rings (SSSR count). The number of aryl methyl sites for hydroxylation is 3. The van der Waals surface area contributed by atoms with Crippen molar-refractivity contribution in [3.05, 3.63) is 41.5 Å². The van der Waals surface area contributed by atoms with Crippen molar-refractivity contribution in [2.75, 3.05) is 13.6 Å². The van der Waals surface area contributed by atoms with Crippen LogP contribution < -0.4 is 0 Å². The van der Waals surface area contributed by atoms with Crippen LogP contribution >= 0.6 is 0 Å². The molecule has 0 aromatic carbocycles. The molecule has 0 saturated carbocycles. The van der Waals surface area contributed by atoms with Gasteiger partial charge in [-0.25, -0.2) is 15.0 Å². The summed E-state index contributed by atoms with van der Waals surface area (Å²) in [5, 5.41) is 0. The molecule has 6 heteroatoms. The van der Waals surface area contributed by atoms with E-state index in [-0.39, 0.29) is 5.91 Å². The molecule has 1 unspecified atom stereocenters. The molecule has 0 fully saturated rings. The van der Waals surface area contributed by atoms with Crippen LogP contribution in [0.1, 0.15) is 34.1 Å². The van der Waals surface area contributed by atoms with Crippen LogP contribution in [0.15, 0.2) is 18.6 Å². The van der Waals surface area contributed by atoms with E-state index >= 15 is 0 Å². The largest absolute Gasteiger partial charge is 0.341 e. The van der Waals surface area contributed by atoms with Gasteiger partial charge >= 0.3 is 0 Å². The third kappa shape index (κ3) is 2.86. The second-order valence-corrected chi connectivity index (χ2v) is 6.00. The number of fused-ring (bicyclic) bond motifs is 1. The lowest BCUT2D eigenvalue weighted by molar-refractivity contribution is 0.0762. The Bertz CT molecular complexity index is 694. The molecule has 1 atom stereocenters. The number of carbonyl (C=O) groups is 1. The predicted octanol–water partition coefficient (Wildman–Crippen LogP) is 1.62. The number of rotatable bonds is 3. The first-order chi connectivity index (χ1) is 10.5. The molecular weight excluding hydrogens is 278 g/mol. The summed E-state index contributed by atoms with van der Waals surface area (Å²) >= 11 is 0. The highest BCUT2D eigenvalue weighted by molar-refractivity contribution is 5.94. The molecule has 2 aromatic heterocycles. The van der Waals surface area contributed by atoms with Crippen molar-refractivity contribution < 1.29 is 4.79 Å².